The van der Waals surface area contributed by atoms with Crippen LogP contribution >= 0.6 is 0 Å². The molecule has 18 heavy (non-hydrogen) atoms. The molecule has 1 N–H and O–H groups in total. The molecule has 0 saturated heterocycles. The predicted molar refractivity (Wildman–Crippen MR) is 74.7 cm³/mol. The van der Waals surface area contributed by atoms with Crippen LogP contribution in [0, 0.1) is 6.92 Å². The molecule has 2 heteroatoms. The van der Waals surface area contributed by atoms with Gasteiger partial charge < -0.3 is 9.52 Å². The third-order valence-electron chi connectivity index (χ3n) is 3.46. The highest BCUT2D eigenvalue weighted by Gasteiger charge is 2.31. The van der Waals surface area contributed by atoms with Gasteiger partial charge in [-0.15, -0.1) is 0 Å². The van der Waals surface area contributed by atoms with Gasteiger partial charge in [0.1, 0.15) is 16.9 Å². The van der Waals surface area contributed by atoms with Gasteiger partial charge in [-0.25, -0.2) is 0 Å². The van der Waals surface area contributed by atoms with Gasteiger partial charge in [-0.3, -0.25) is 0 Å². The second-order valence-corrected chi connectivity index (χ2v) is 5.18. The molecular formula is C16H22O2. The Balaban J connectivity index is 2.44. The summed E-state index contributed by atoms with van der Waals surface area (Å²) in [5, 5.41) is 11.8. The molecule has 0 aliphatic rings. The van der Waals surface area contributed by atoms with Crippen LogP contribution in [0.4, 0.5) is 0 Å². The molecule has 2 aromatic rings. The highest BCUT2D eigenvalue weighted by atomic mass is 16.4. The zero-order valence-corrected chi connectivity index (χ0v) is 11.5. The van der Waals surface area contributed by atoms with Crippen LogP contribution in [-0.2, 0) is 5.60 Å². The van der Waals surface area contributed by atoms with Crippen LogP contribution in [0.3, 0.4) is 0 Å². The van der Waals surface area contributed by atoms with Gasteiger partial charge >= 0.3 is 0 Å². The van der Waals surface area contributed by atoms with Gasteiger partial charge in [0.15, 0.2) is 0 Å². The second kappa shape index (κ2) is 5.15. The highest BCUT2D eigenvalue weighted by Crippen LogP contribution is 2.35. The minimum atomic E-state index is -0.809. The molecule has 0 saturated carbocycles. The van der Waals surface area contributed by atoms with Crippen molar-refractivity contribution in [2.45, 2.75) is 52.1 Å². The van der Waals surface area contributed by atoms with Crippen LogP contribution in [0.2, 0.25) is 0 Å². The topological polar surface area (TPSA) is 33.4 Å². The lowest BCUT2D eigenvalue weighted by Crippen LogP contribution is -2.24. The standard InChI is InChI=1S/C16H22O2/c1-4-8-16(17,9-5-2)15-11-13-10-12(3)6-7-14(13)18-15/h6-7,10-11,17H,4-5,8-9H2,1-3H3. The third-order valence-corrected chi connectivity index (χ3v) is 3.46. The van der Waals surface area contributed by atoms with Crippen molar-refractivity contribution in [3.8, 4) is 0 Å². The van der Waals surface area contributed by atoms with Crippen molar-refractivity contribution in [1.82, 2.24) is 0 Å². The highest BCUT2D eigenvalue weighted by molar-refractivity contribution is 5.78. The van der Waals surface area contributed by atoms with E-state index in [1.165, 1.54) is 5.56 Å². The van der Waals surface area contributed by atoms with E-state index < -0.39 is 5.60 Å². The van der Waals surface area contributed by atoms with Crippen LogP contribution in [0.25, 0.3) is 11.0 Å². The van der Waals surface area contributed by atoms with Crippen LogP contribution in [0.1, 0.15) is 50.9 Å². The number of benzene rings is 1. The Morgan fingerprint density at radius 3 is 2.39 bits per heavy atom. The maximum atomic E-state index is 10.8. The Labute approximate surface area is 109 Å². The molecule has 2 nitrogen and oxygen atoms in total. The molecule has 0 aliphatic heterocycles. The summed E-state index contributed by atoms with van der Waals surface area (Å²) >= 11 is 0. The molecule has 0 spiro atoms. The van der Waals surface area contributed by atoms with E-state index in [1.807, 2.05) is 18.2 Å². The number of aryl methyl sites for hydroxylation is 1. The van der Waals surface area contributed by atoms with Gasteiger partial charge in [0, 0.05) is 5.39 Å². The summed E-state index contributed by atoms with van der Waals surface area (Å²) in [6.07, 6.45) is 3.40. The van der Waals surface area contributed by atoms with Crippen molar-refractivity contribution in [3.63, 3.8) is 0 Å². The first-order chi connectivity index (χ1) is 8.59. The average Bonchev–Trinajstić information content (AvgIpc) is 2.73. The Morgan fingerprint density at radius 1 is 1.11 bits per heavy atom. The SMILES string of the molecule is CCCC(O)(CCC)c1cc2cc(C)ccc2o1. The molecule has 0 unspecified atom stereocenters. The second-order valence-electron chi connectivity index (χ2n) is 5.18. The van der Waals surface area contributed by atoms with Gasteiger partial charge in [-0.05, 0) is 38.0 Å². The van der Waals surface area contributed by atoms with Crippen molar-refractivity contribution in [2.24, 2.45) is 0 Å². The molecule has 0 aliphatic carbocycles. The lowest BCUT2D eigenvalue weighted by Gasteiger charge is -2.24. The number of hydrogen-bond donors (Lipinski definition) is 1. The van der Waals surface area contributed by atoms with Gasteiger partial charge in [0.05, 0.1) is 0 Å². The monoisotopic (exact) mass is 246 g/mol. The molecular weight excluding hydrogens is 224 g/mol. The van der Waals surface area contributed by atoms with Crippen LogP contribution in [0.5, 0.6) is 0 Å². The summed E-state index contributed by atoms with van der Waals surface area (Å²) < 4.78 is 5.84. The third kappa shape index (κ3) is 2.44. The normalized spacial score (nSPS) is 12.2. The van der Waals surface area contributed by atoms with Gasteiger partial charge in [-0.2, -0.15) is 0 Å². The summed E-state index contributed by atoms with van der Waals surface area (Å²) in [6.45, 7) is 6.25. The largest absolute Gasteiger partial charge is 0.458 e. The Morgan fingerprint density at radius 2 is 1.78 bits per heavy atom. The Bertz CT molecular complexity index is 519. The molecule has 0 fully saturated rings. The first-order valence-corrected chi connectivity index (χ1v) is 6.82. The minimum absolute atomic E-state index is 0.715. The van der Waals surface area contributed by atoms with E-state index in [0.29, 0.717) is 5.76 Å². The molecule has 1 aromatic heterocycles. The van der Waals surface area contributed by atoms with Gasteiger partial charge in [0.25, 0.3) is 0 Å². The van der Waals surface area contributed by atoms with E-state index in [1.54, 1.807) is 0 Å². The van der Waals surface area contributed by atoms with Crippen molar-refractivity contribution in [3.05, 3.63) is 35.6 Å². The maximum absolute atomic E-state index is 10.8. The van der Waals surface area contributed by atoms with Crippen LogP contribution < -0.4 is 0 Å². The average molecular weight is 246 g/mol. The molecule has 0 bridgehead atoms. The fourth-order valence-corrected chi connectivity index (χ4v) is 2.59. The van der Waals surface area contributed by atoms with Gasteiger partial charge in [-0.1, -0.05) is 38.3 Å². The van der Waals surface area contributed by atoms with Gasteiger partial charge in [0.2, 0.25) is 0 Å². The number of aliphatic hydroxyl groups is 1. The molecule has 1 aromatic carbocycles. The first-order valence-electron chi connectivity index (χ1n) is 6.82. The van der Waals surface area contributed by atoms with Crippen LogP contribution in [0.15, 0.2) is 28.7 Å². The zero-order valence-electron chi connectivity index (χ0n) is 11.5. The van der Waals surface area contributed by atoms with E-state index in [0.717, 1.165) is 36.7 Å². The first kappa shape index (κ1) is 13.2. The fraction of sp³-hybridized carbons (Fsp3) is 0.500. The number of furan rings is 1. The maximum Gasteiger partial charge on any atom is 0.136 e. The van der Waals surface area contributed by atoms with Crippen molar-refractivity contribution in [2.75, 3.05) is 0 Å². The molecule has 1 heterocycles. The van der Waals surface area contributed by atoms with Crippen molar-refractivity contribution < 1.29 is 9.52 Å². The summed E-state index contributed by atoms with van der Waals surface area (Å²) in [4.78, 5) is 0. The summed E-state index contributed by atoms with van der Waals surface area (Å²) in [6, 6.07) is 8.11. The van der Waals surface area contributed by atoms with E-state index in [2.05, 4.69) is 26.8 Å². The molecule has 98 valence electrons. The molecule has 2 rings (SSSR count). The zero-order chi connectivity index (χ0) is 13.2. The summed E-state index contributed by atoms with van der Waals surface area (Å²) in [7, 11) is 0. The lowest BCUT2D eigenvalue weighted by molar-refractivity contribution is -0.00231. The fourth-order valence-electron chi connectivity index (χ4n) is 2.59. The van der Waals surface area contributed by atoms with Crippen molar-refractivity contribution >= 4 is 11.0 Å². The Hall–Kier alpha value is -1.28. The van der Waals surface area contributed by atoms with E-state index >= 15 is 0 Å². The number of hydrogen-bond acceptors (Lipinski definition) is 2. The summed E-state index contributed by atoms with van der Waals surface area (Å²) in [5.41, 5.74) is 1.27. The number of fused-ring (bicyclic) bond motifs is 1. The number of rotatable bonds is 5. The lowest BCUT2D eigenvalue weighted by atomic mass is 9.90. The van der Waals surface area contributed by atoms with Crippen LogP contribution in [-0.4, -0.2) is 5.11 Å². The Kier molecular flexibility index (Phi) is 3.76. The molecule has 0 amide bonds. The predicted octanol–water partition coefficient (Wildman–Crippen LogP) is 4.53. The summed E-state index contributed by atoms with van der Waals surface area (Å²) in [5.74, 6) is 0.715. The quantitative estimate of drug-likeness (QED) is 0.840. The van der Waals surface area contributed by atoms with E-state index in [4.69, 9.17) is 4.42 Å². The molecule has 0 atom stereocenters. The van der Waals surface area contributed by atoms with Crippen molar-refractivity contribution in [1.29, 1.82) is 0 Å². The van der Waals surface area contributed by atoms with E-state index in [9.17, 15) is 5.11 Å². The smallest absolute Gasteiger partial charge is 0.136 e. The minimum Gasteiger partial charge on any atom is -0.458 e. The van der Waals surface area contributed by atoms with E-state index in [-0.39, 0.29) is 0 Å². The molecule has 0 radical (unpaired) electrons.